The number of rotatable bonds is 7. The minimum absolute atomic E-state index is 0.00124. The van der Waals surface area contributed by atoms with E-state index in [0.29, 0.717) is 29.5 Å². The number of nitrogens with zero attached hydrogens (tertiary/aromatic N) is 3. The zero-order valence-corrected chi connectivity index (χ0v) is 23.6. The molecule has 5 heterocycles. The summed E-state index contributed by atoms with van der Waals surface area (Å²) in [4.78, 5) is 30.0. The second-order valence-corrected chi connectivity index (χ2v) is 11.2. The summed E-state index contributed by atoms with van der Waals surface area (Å²) in [5, 5.41) is 24.2. The monoisotopic (exact) mass is 568 g/mol. The van der Waals surface area contributed by atoms with Crippen LogP contribution < -0.4 is 16.0 Å². The quantitative estimate of drug-likeness (QED) is 0.292. The van der Waals surface area contributed by atoms with Gasteiger partial charge in [-0.25, -0.2) is 0 Å². The topological polar surface area (TPSA) is 150 Å². The van der Waals surface area contributed by atoms with Crippen LogP contribution in [0.15, 0.2) is 66.8 Å². The molecule has 11 heteroatoms. The third-order valence-corrected chi connectivity index (χ3v) is 8.17. The molecule has 6 rings (SSSR count). The van der Waals surface area contributed by atoms with Crippen LogP contribution in [-0.4, -0.2) is 69.0 Å². The highest BCUT2D eigenvalue weighted by Gasteiger charge is 2.30. The van der Waals surface area contributed by atoms with Crippen molar-refractivity contribution in [3.8, 4) is 11.3 Å². The minimum atomic E-state index is -0.143. The van der Waals surface area contributed by atoms with Crippen molar-refractivity contribution < 1.29 is 14.3 Å². The molecule has 0 aromatic carbocycles. The van der Waals surface area contributed by atoms with Crippen molar-refractivity contribution in [2.24, 2.45) is 11.8 Å². The molecular weight excluding hydrogens is 532 g/mol. The first-order chi connectivity index (χ1) is 20.5. The molecule has 0 radical (unpaired) electrons. The van der Waals surface area contributed by atoms with Gasteiger partial charge in [0.1, 0.15) is 11.4 Å². The lowest BCUT2D eigenvalue weighted by atomic mass is 9.85. The molecule has 1 aliphatic carbocycles. The number of ether oxygens (including phenoxy) is 1. The van der Waals surface area contributed by atoms with Gasteiger partial charge in [-0.05, 0) is 50.7 Å². The molecule has 42 heavy (non-hydrogen) atoms. The van der Waals surface area contributed by atoms with Crippen molar-refractivity contribution in [1.82, 2.24) is 36.0 Å². The SMILES string of the molecule is CC1CC(C(=O)Nc2c[nH]nc2C2=C/CC/C(C3CNC[C@@H](NC(=O)c4c[nH]nc4-c4ccncc4)C3)=C/C=C\2)CO1. The van der Waals surface area contributed by atoms with Crippen LogP contribution in [0.25, 0.3) is 16.8 Å². The molecule has 2 fully saturated rings. The fraction of sp³-hybridized carbons (Fsp3) is 0.387. The third kappa shape index (κ3) is 6.27. The summed E-state index contributed by atoms with van der Waals surface area (Å²) >= 11 is 0. The van der Waals surface area contributed by atoms with Gasteiger partial charge in [-0.15, -0.1) is 0 Å². The minimum Gasteiger partial charge on any atom is -0.378 e. The van der Waals surface area contributed by atoms with Gasteiger partial charge in [0.2, 0.25) is 5.91 Å². The molecule has 0 bridgehead atoms. The zero-order valence-electron chi connectivity index (χ0n) is 23.6. The van der Waals surface area contributed by atoms with E-state index in [1.807, 2.05) is 25.1 Å². The van der Waals surface area contributed by atoms with Gasteiger partial charge in [-0.2, -0.15) is 10.2 Å². The number of aromatic amines is 2. The molecule has 5 N–H and O–H groups in total. The molecule has 0 spiro atoms. The summed E-state index contributed by atoms with van der Waals surface area (Å²) in [7, 11) is 0. The molecule has 3 aromatic rings. The predicted molar refractivity (Wildman–Crippen MR) is 159 cm³/mol. The van der Waals surface area contributed by atoms with Gasteiger partial charge in [-0.1, -0.05) is 29.9 Å². The number of H-pyrrole nitrogens is 2. The molecule has 3 unspecified atom stereocenters. The van der Waals surface area contributed by atoms with Crippen molar-refractivity contribution in [1.29, 1.82) is 0 Å². The molecule has 2 saturated heterocycles. The number of anilines is 1. The Bertz CT molecular complexity index is 1500. The highest BCUT2D eigenvalue weighted by atomic mass is 16.5. The predicted octanol–water partition coefficient (Wildman–Crippen LogP) is 3.63. The lowest BCUT2D eigenvalue weighted by Crippen LogP contribution is -2.49. The average molecular weight is 569 g/mol. The van der Waals surface area contributed by atoms with Crippen LogP contribution in [0.5, 0.6) is 0 Å². The molecule has 2 amide bonds. The average Bonchev–Trinajstić information content (AvgIpc) is 3.75. The number of hydrogen-bond donors (Lipinski definition) is 5. The maximum Gasteiger partial charge on any atom is 0.255 e. The number of aromatic nitrogens is 5. The largest absolute Gasteiger partial charge is 0.378 e. The van der Waals surface area contributed by atoms with Crippen LogP contribution in [0, 0.1) is 11.8 Å². The summed E-state index contributed by atoms with van der Waals surface area (Å²) in [6, 6.07) is 3.69. The first kappa shape index (κ1) is 27.8. The Morgan fingerprint density at radius 1 is 1.05 bits per heavy atom. The second-order valence-electron chi connectivity index (χ2n) is 11.2. The lowest BCUT2D eigenvalue weighted by molar-refractivity contribution is -0.119. The van der Waals surface area contributed by atoms with Crippen LogP contribution >= 0.6 is 0 Å². The van der Waals surface area contributed by atoms with Crippen molar-refractivity contribution in [3.63, 3.8) is 0 Å². The number of hydrogen-bond acceptors (Lipinski definition) is 7. The zero-order chi connectivity index (χ0) is 28.9. The first-order valence-corrected chi connectivity index (χ1v) is 14.5. The van der Waals surface area contributed by atoms with E-state index < -0.39 is 0 Å². The highest BCUT2D eigenvalue weighted by molar-refractivity contribution is 6.00. The van der Waals surface area contributed by atoms with E-state index >= 15 is 0 Å². The summed E-state index contributed by atoms with van der Waals surface area (Å²) in [6.45, 7) is 4.03. The van der Waals surface area contributed by atoms with E-state index in [1.54, 1.807) is 24.8 Å². The number of carbonyl (C=O) groups excluding carboxylic acids is 2. The van der Waals surface area contributed by atoms with Gasteiger partial charge in [0.15, 0.2) is 0 Å². The van der Waals surface area contributed by atoms with E-state index in [9.17, 15) is 9.59 Å². The van der Waals surface area contributed by atoms with E-state index in [4.69, 9.17) is 4.74 Å². The standard InChI is InChI=1S/C31H36N8O3/c1-19-12-24(18-42-19)30(40)37-27-17-35-39-29(27)21-6-2-4-20(5-3-7-21)23-13-25(15-33-14-23)36-31(41)26-16-34-38-28(26)22-8-10-32-11-9-22/h2,4,6-11,16-17,19,23-25,33H,3,5,12-15,18H2,1H3,(H,34,38)(H,35,39)(H,36,41)(H,37,40)/b6-2-,20-4-,21-7+/t19?,23?,24?,25-/m0/s1. The number of carbonyl (C=O) groups is 2. The molecule has 11 nitrogen and oxygen atoms in total. The van der Waals surface area contributed by atoms with Crippen molar-refractivity contribution in [2.45, 2.75) is 44.8 Å². The van der Waals surface area contributed by atoms with Gasteiger partial charge in [0.25, 0.3) is 5.91 Å². The Labute approximate surface area is 244 Å². The van der Waals surface area contributed by atoms with Crippen LogP contribution in [0.3, 0.4) is 0 Å². The second kappa shape index (κ2) is 12.7. The fourth-order valence-corrected chi connectivity index (χ4v) is 5.97. The summed E-state index contributed by atoms with van der Waals surface area (Å²) in [5.41, 5.74) is 5.71. The van der Waals surface area contributed by atoms with Gasteiger partial charge < -0.3 is 20.7 Å². The molecular formula is C31H36N8O3. The van der Waals surface area contributed by atoms with E-state index in [0.717, 1.165) is 55.6 Å². The van der Waals surface area contributed by atoms with Gasteiger partial charge in [0, 0.05) is 55.1 Å². The molecule has 4 atom stereocenters. The van der Waals surface area contributed by atoms with E-state index in [1.165, 1.54) is 5.57 Å². The Hall–Kier alpha value is -4.35. The summed E-state index contributed by atoms with van der Waals surface area (Å²) < 4.78 is 5.56. The number of allylic oxidation sites excluding steroid dienone is 5. The van der Waals surface area contributed by atoms with Gasteiger partial charge in [0.05, 0.1) is 29.9 Å². The van der Waals surface area contributed by atoms with Crippen molar-refractivity contribution in [2.75, 3.05) is 25.0 Å². The molecule has 2 aliphatic heterocycles. The number of nitrogens with one attached hydrogen (secondary N) is 5. The normalized spacial score (nSPS) is 27.5. The molecule has 0 saturated carbocycles. The number of pyridine rings is 1. The Morgan fingerprint density at radius 3 is 2.71 bits per heavy atom. The van der Waals surface area contributed by atoms with Crippen LogP contribution in [0.1, 0.15) is 48.7 Å². The molecule has 218 valence electrons. The van der Waals surface area contributed by atoms with Crippen molar-refractivity contribution >= 4 is 23.1 Å². The summed E-state index contributed by atoms with van der Waals surface area (Å²) in [6.07, 6.45) is 18.6. The van der Waals surface area contributed by atoms with E-state index in [-0.39, 0.29) is 29.9 Å². The molecule has 3 aromatic heterocycles. The van der Waals surface area contributed by atoms with Crippen LogP contribution in [-0.2, 0) is 9.53 Å². The smallest absolute Gasteiger partial charge is 0.255 e. The third-order valence-electron chi connectivity index (χ3n) is 8.17. The van der Waals surface area contributed by atoms with Crippen LogP contribution in [0.4, 0.5) is 5.69 Å². The number of piperidine rings is 1. The Kier molecular flexibility index (Phi) is 8.38. The van der Waals surface area contributed by atoms with Crippen LogP contribution in [0.2, 0.25) is 0 Å². The number of amides is 2. The van der Waals surface area contributed by atoms with Gasteiger partial charge in [-0.3, -0.25) is 24.8 Å². The lowest BCUT2D eigenvalue weighted by Gasteiger charge is -2.32. The van der Waals surface area contributed by atoms with Crippen molar-refractivity contribution in [3.05, 3.63) is 78.1 Å². The first-order valence-electron chi connectivity index (χ1n) is 14.5. The maximum atomic E-state index is 13.2. The maximum absolute atomic E-state index is 13.2. The van der Waals surface area contributed by atoms with Gasteiger partial charge >= 0.3 is 0 Å². The fourth-order valence-electron chi connectivity index (χ4n) is 5.97. The van der Waals surface area contributed by atoms with E-state index in [2.05, 4.69) is 59.6 Å². The molecule has 3 aliphatic rings. The Morgan fingerprint density at radius 2 is 1.88 bits per heavy atom. The Balaban J connectivity index is 1.08. The highest BCUT2D eigenvalue weighted by Crippen LogP contribution is 2.30. The summed E-state index contributed by atoms with van der Waals surface area (Å²) in [5.74, 6) is -0.00807.